The molecular weight excluding hydrogens is 791 g/mol. The molecule has 0 aliphatic heterocycles. The van der Waals surface area contributed by atoms with E-state index in [0.717, 1.165) is 64.2 Å². The van der Waals surface area contributed by atoms with Crippen molar-refractivity contribution in [3.05, 3.63) is 48.6 Å². The van der Waals surface area contributed by atoms with Crippen molar-refractivity contribution in [1.82, 2.24) is 5.32 Å². The smallest absolute Gasteiger partial charge is 0.305 e. The number of aliphatic hydroxyl groups excluding tert-OH is 2. The predicted octanol–water partition coefficient (Wildman–Crippen LogP) is 17.0. The van der Waals surface area contributed by atoms with Crippen molar-refractivity contribution in [2.24, 2.45) is 0 Å². The average Bonchev–Trinajstić information content (AvgIpc) is 3.29. The number of nitrogens with one attached hydrogen (secondary N) is 1. The monoisotopic (exact) mass is 898 g/mol. The normalized spacial score (nSPS) is 13.0. The highest BCUT2D eigenvalue weighted by molar-refractivity contribution is 5.76. The van der Waals surface area contributed by atoms with E-state index < -0.39 is 12.1 Å². The summed E-state index contributed by atoms with van der Waals surface area (Å²) in [7, 11) is 0. The van der Waals surface area contributed by atoms with Gasteiger partial charge >= 0.3 is 5.97 Å². The van der Waals surface area contributed by atoms with Crippen LogP contribution in [0.3, 0.4) is 0 Å². The van der Waals surface area contributed by atoms with Crippen molar-refractivity contribution in [2.45, 2.75) is 296 Å². The van der Waals surface area contributed by atoms with E-state index in [1.807, 2.05) is 6.08 Å². The van der Waals surface area contributed by atoms with E-state index in [0.29, 0.717) is 19.4 Å². The van der Waals surface area contributed by atoms with Crippen LogP contribution < -0.4 is 5.32 Å². The lowest BCUT2D eigenvalue weighted by Crippen LogP contribution is -2.45. The molecule has 3 N–H and O–H groups in total. The Balaban J connectivity index is 3.50. The maximum Gasteiger partial charge on any atom is 0.305 e. The lowest BCUT2D eigenvalue weighted by Gasteiger charge is -2.20. The van der Waals surface area contributed by atoms with Crippen LogP contribution in [-0.4, -0.2) is 47.4 Å². The van der Waals surface area contributed by atoms with E-state index >= 15 is 0 Å². The van der Waals surface area contributed by atoms with E-state index in [2.05, 4.69) is 55.6 Å². The second-order valence-corrected chi connectivity index (χ2v) is 18.9. The van der Waals surface area contributed by atoms with Crippen molar-refractivity contribution >= 4 is 11.9 Å². The number of ether oxygens (including phenoxy) is 1. The number of hydrogen-bond donors (Lipinski definition) is 3. The second kappa shape index (κ2) is 53.4. The van der Waals surface area contributed by atoms with Gasteiger partial charge in [-0.25, -0.2) is 0 Å². The molecule has 0 rings (SSSR count). The summed E-state index contributed by atoms with van der Waals surface area (Å²) in [6.07, 6.45) is 66.9. The van der Waals surface area contributed by atoms with Gasteiger partial charge in [0.1, 0.15) is 0 Å². The number of unbranched alkanes of at least 4 members (excludes halogenated alkanes) is 34. The van der Waals surface area contributed by atoms with Gasteiger partial charge < -0.3 is 20.3 Å². The first-order valence-electron chi connectivity index (χ1n) is 27.9. The molecule has 0 radical (unpaired) electrons. The Morgan fingerprint density at radius 1 is 0.438 bits per heavy atom. The molecule has 0 aromatic rings. The second-order valence-electron chi connectivity index (χ2n) is 18.9. The van der Waals surface area contributed by atoms with Gasteiger partial charge in [-0.05, 0) is 89.9 Å². The summed E-state index contributed by atoms with van der Waals surface area (Å²) >= 11 is 0. The molecule has 0 spiro atoms. The van der Waals surface area contributed by atoms with Gasteiger partial charge in [-0.15, -0.1) is 0 Å². The highest BCUT2D eigenvalue weighted by Crippen LogP contribution is 2.15. The van der Waals surface area contributed by atoms with Gasteiger partial charge in [-0.2, -0.15) is 0 Å². The Hall–Kier alpha value is -2.18. The Morgan fingerprint density at radius 2 is 0.781 bits per heavy atom. The van der Waals surface area contributed by atoms with Crippen molar-refractivity contribution in [3.63, 3.8) is 0 Å². The Morgan fingerprint density at radius 3 is 1.22 bits per heavy atom. The minimum atomic E-state index is -0.853. The molecule has 6 heteroatoms. The molecule has 374 valence electrons. The van der Waals surface area contributed by atoms with Gasteiger partial charge in [0.25, 0.3) is 0 Å². The summed E-state index contributed by atoms with van der Waals surface area (Å²) in [6.45, 7) is 4.85. The van der Waals surface area contributed by atoms with Crippen LogP contribution in [0.1, 0.15) is 284 Å². The molecule has 0 aromatic heterocycles. The standard InChI is InChI=1S/C58H107NO5/c1-3-5-7-9-11-13-15-17-19-24-28-32-36-40-44-48-52-58(63)64-53-49-45-41-37-33-29-25-22-20-21-23-27-31-35-39-43-47-51-57(62)59-55(54-60)56(61)50-46-42-38-34-30-26-18-16-14-12-10-8-6-4-2/h13,15,19-20,22,24,46,50,55-56,60-61H,3-12,14,16-18,21,23,25-45,47-49,51-54H2,1-2H3,(H,59,62)/b15-13-,22-20-,24-19-,50-46+. The molecule has 0 saturated carbocycles. The molecule has 0 bridgehead atoms. The number of hydrogen-bond acceptors (Lipinski definition) is 5. The van der Waals surface area contributed by atoms with Gasteiger partial charge in [-0.3, -0.25) is 9.59 Å². The summed E-state index contributed by atoms with van der Waals surface area (Å²) < 4.78 is 5.46. The maximum absolute atomic E-state index is 12.4. The summed E-state index contributed by atoms with van der Waals surface area (Å²) in [5, 5.41) is 23.1. The highest BCUT2D eigenvalue weighted by atomic mass is 16.5. The zero-order chi connectivity index (χ0) is 46.5. The molecule has 0 aliphatic carbocycles. The van der Waals surface area contributed by atoms with Crippen LogP contribution in [0.2, 0.25) is 0 Å². The molecule has 1 amide bonds. The predicted molar refractivity (Wildman–Crippen MR) is 278 cm³/mol. The summed E-state index contributed by atoms with van der Waals surface area (Å²) in [5.74, 6) is -0.0981. The molecule has 0 aliphatic rings. The minimum absolute atomic E-state index is 0.0169. The molecule has 64 heavy (non-hydrogen) atoms. The van der Waals surface area contributed by atoms with Crippen LogP contribution in [0.25, 0.3) is 0 Å². The number of esters is 1. The lowest BCUT2D eigenvalue weighted by molar-refractivity contribution is -0.143. The van der Waals surface area contributed by atoms with Gasteiger partial charge in [0.05, 0.1) is 25.4 Å². The molecular formula is C58H107NO5. The van der Waals surface area contributed by atoms with Gasteiger partial charge in [0.15, 0.2) is 0 Å². The quantitative estimate of drug-likeness (QED) is 0.0321. The van der Waals surface area contributed by atoms with E-state index in [9.17, 15) is 19.8 Å². The number of allylic oxidation sites excluding steroid dienone is 7. The van der Waals surface area contributed by atoms with Crippen molar-refractivity contribution in [3.8, 4) is 0 Å². The average molecular weight is 898 g/mol. The van der Waals surface area contributed by atoms with Crippen LogP contribution in [0, 0.1) is 0 Å². The third kappa shape index (κ3) is 49.3. The third-order valence-corrected chi connectivity index (χ3v) is 12.6. The Labute approximate surface area is 397 Å². The molecule has 2 unspecified atom stereocenters. The largest absolute Gasteiger partial charge is 0.466 e. The van der Waals surface area contributed by atoms with Crippen LogP contribution in [-0.2, 0) is 14.3 Å². The van der Waals surface area contributed by atoms with E-state index in [4.69, 9.17) is 4.74 Å². The first-order valence-corrected chi connectivity index (χ1v) is 27.9. The molecule has 0 fully saturated rings. The summed E-state index contributed by atoms with van der Waals surface area (Å²) in [5.41, 5.74) is 0. The van der Waals surface area contributed by atoms with Crippen molar-refractivity contribution in [2.75, 3.05) is 13.2 Å². The van der Waals surface area contributed by atoms with Gasteiger partial charge in [0, 0.05) is 12.8 Å². The SMILES string of the molecule is CCCCCC/C=C\C/C=C\CCCCCCCC(=O)OCCCCCCCC/C=C\CCCCCCCCCC(=O)NC(CO)C(O)/C=C/CCCCCCCCCCCCCC. The lowest BCUT2D eigenvalue weighted by atomic mass is 10.0. The Bertz CT molecular complexity index is 1080. The number of amides is 1. The maximum atomic E-state index is 12.4. The third-order valence-electron chi connectivity index (χ3n) is 12.6. The van der Waals surface area contributed by atoms with Crippen LogP contribution in [0.4, 0.5) is 0 Å². The summed E-state index contributed by atoms with van der Waals surface area (Å²) in [4.78, 5) is 24.5. The number of aliphatic hydroxyl groups is 2. The topological polar surface area (TPSA) is 95.9 Å². The van der Waals surface area contributed by atoms with E-state index in [1.54, 1.807) is 6.08 Å². The molecule has 0 heterocycles. The fourth-order valence-corrected chi connectivity index (χ4v) is 8.25. The summed E-state index contributed by atoms with van der Waals surface area (Å²) in [6, 6.07) is -0.637. The molecule has 0 aromatic carbocycles. The number of carbonyl (C=O) groups excluding carboxylic acids is 2. The van der Waals surface area contributed by atoms with E-state index in [-0.39, 0.29) is 18.5 Å². The molecule has 0 saturated heterocycles. The van der Waals surface area contributed by atoms with Crippen LogP contribution in [0.5, 0.6) is 0 Å². The van der Waals surface area contributed by atoms with Gasteiger partial charge in [-0.1, -0.05) is 229 Å². The first-order chi connectivity index (χ1) is 31.5. The van der Waals surface area contributed by atoms with Gasteiger partial charge in [0.2, 0.25) is 5.91 Å². The number of carbonyl (C=O) groups is 2. The number of rotatable bonds is 51. The highest BCUT2D eigenvalue weighted by Gasteiger charge is 2.18. The van der Waals surface area contributed by atoms with Crippen molar-refractivity contribution in [1.29, 1.82) is 0 Å². The zero-order valence-electron chi connectivity index (χ0n) is 42.5. The van der Waals surface area contributed by atoms with Crippen molar-refractivity contribution < 1.29 is 24.5 Å². The molecule has 2 atom stereocenters. The molecule has 6 nitrogen and oxygen atoms in total. The fourth-order valence-electron chi connectivity index (χ4n) is 8.25. The minimum Gasteiger partial charge on any atom is -0.466 e. The fraction of sp³-hybridized carbons (Fsp3) is 0.828. The Kier molecular flexibility index (Phi) is 51.6. The van der Waals surface area contributed by atoms with Crippen LogP contribution >= 0.6 is 0 Å². The van der Waals surface area contributed by atoms with E-state index in [1.165, 1.54) is 193 Å². The first kappa shape index (κ1) is 61.8. The zero-order valence-corrected chi connectivity index (χ0v) is 42.5. The van der Waals surface area contributed by atoms with Crippen LogP contribution in [0.15, 0.2) is 48.6 Å².